The van der Waals surface area contributed by atoms with Gasteiger partial charge < -0.3 is 5.73 Å². The van der Waals surface area contributed by atoms with Crippen LogP contribution in [0.3, 0.4) is 0 Å². The molecule has 1 aromatic carbocycles. The molecule has 4 heteroatoms. The third kappa shape index (κ3) is 1.76. The average Bonchev–Trinajstić information content (AvgIpc) is 2.70. The smallest absolute Gasteiger partial charge is 0.106 e. The highest BCUT2D eigenvalue weighted by Gasteiger charge is 2.09. The lowest BCUT2D eigenvalue weighted by Crippen LogP contribution is -2.14. The minimum atomic E-state index is 0.393. The molecule has 0 aliphatic rings. The van der Waals surface area contributed by atoms with Gasteiger partial charge in [0.1, 0.15) is 4.99 Å². The van der Waals surface area contributed by atoms with E-state index in [1.54, 1.807) is 10.9 Å². The number of aryl methyl sites for hydroxylation is 1. The third-order valence-corrected chi connectivity index (χ3v) is 2.46. The topological polar surface area (TPSA) is 43.8 Å². The SMILES string of the molecule is Cc1cccc(C(N)=S)c1-n1cccn1. The lowest BCUT2D eigenvalue weighted by Gasteiger charge is -2.11. The number of para-hydroxylation sites is 1. The van der Waals surface area contributed by atoms with Crippen LogP contribution in [-0.4, -0.2) is 14.8 Å². The van der Waals surface area contributed by atoms with E-state index in [4.69, 9.17) is 18.0 Å². The Bertz CT molecular complexity index is 489. The van der Waals surface area contributed by atoms with Crippen LogP contribution >= 0.6 is 12.2 Å². The molecule has 0 bridgehead atoms. The summed E-state index contributed by atoms with van der Waals surface area (Å²) in [5.41, 5.74) is 8.59. The van der Waals surface area contributed by atoms with Gasteiger partial charge in [0, 0.05) is 18.0 Å². The number of rotatable bonds is 2. The van der Waals surface area contributed by atoms with E-state index in [0.717, 1.165) is 16.8 Å². The van der Waals surface area contributed by atoms with Crippen molar-refractivity contribution in [2.45, 2.75) is 6.92 Å². The molecule has 1 heterocycles. The van der Waals surface area contributed by atoms with Crippen molar-refractivity contribution in [3.63, 3.8) is 0 Å². The Hall–Kier alpha value is -1.68. The summed E-state index contributed by atoms with van der Waals surface area (Å²) < 4.78 is 1.78. The minimum absolute atomic E-state index is 0.393. The first-order valence-electron chi connectivity index (χ1n) is 4.59. The molecule has 0 spiro atoms. The van der Waals surface area contributed by atoms with Gasteiger partial charge in [-0.05, 0) is 24.6 Å². The van der Waals surface area contributed by atoms with Crippen molar-refractivity contribution in [2.24, 2.45) is 5.73 Å². The molecular formula is C11H11N3S. The van der Waals surface area contributed by atoms with E-state index in [-0.39, 0.29) is 0 Å². The normalized spacial score (nSPS) is 10.2. The summed E-state index contributed by atoms with van der Waals surface area (Å²) in [6, 6.07) is 7.73. The molecule has 0 amide bonds. The van der Waals surface area contributed by atoms with Crippen LogP contribution in [0.5, 0.6) is 0 Å². The molecule has 0 aliphatic carbocycles. The first-order chi connectivity index (χ1) is 7.20. The Morgan fingerprint density at radius 2 is 2.20 bits per heavy atom. The highest BCUT2D eigenvalue weighted by Crippen LogP contribution is 2.18. The molecule has 0 atom stereocenters. The van der Waals surface area contributed by atoms with Gasteiger partial charge in [-0.1, -0.05) is 24.4 Å². The van der Waals surface area contributed by atoms with Gasteiger partial charge in [-0.3, -0.25) is 0 Å². The van der Waals surface area contributed by atoms with Gasteiger partial charge in [0.05, 0.1) is 5.69 Å². The van der Waals surface area contributed by atoms with Gasteiger partial charge in [0.15, 0.2) is 0 Å². The Morgan fingerprint density at radius 1 is 1.40 bits per heavy atom. The zero-order valence-electron chi connectivity index (χ0n) is 8.34. The number of hydrogen-bond donors (Lipinski definition) is 1. The molecule has 0 saturated heterocycles. The average molecular weight is 217 g/mol. The lowest BCUT2D eigenvalue weighted by atomic mass is 10.1. The molecule has 2 aromatic rings. The number of benzene rings is 1. The number of nitrogens with two attached hydrogens (primary N) is 1. The highest BCUT2D eigenvalue weighted by molar-refractivity contribution is 7.80. The quantitative estimate of drug-likeness (QED) is 0.780. The fourth-order valence-corrected chi connectivity index (χ4v) is 1.73. The minimum Gasteiger partial charge on any atom is -0.389 e. The van der Waals surface area contributed by atoms with E-state index in [1.165, 1.54) is 0 Å². The Labute approximate surface area is 93.5 Å². The van der Waals surface area contributed by atoms with Crippen molar-refractivity contribution in [3.8, 4) is 5.69 Å². The molecule has 15 heavy (non-hydrogen) atoms. The summed E-state index contributed by atoms with van der Waals surface area (Å²) in [6.07, 6.45) is 3.61. The fourth-order valence-electron chi connectivity index (χ4n) is 1.56. The number of nitrogens with zero attached hydrogens (tertiary/aromatic N) is 2. The standard InChI is InChI=1S/C11H11N3S/c1-8-4-2-5-9(11(12)15)10(8)14-7-3-6-13-14/h2-7H,1H3,(H2,12,15). The molecule has 2 N–H and O–H groups in total. The number of hydrogen-bond acceptors (Lipinski definition) is 2. The summed E-state index contributed by atoms with van der Waals surface area (Å²) in [7, 11) is 0. The summed E-state index contributed by atoms with van der Waals surface area (Å²) in [6.45, 7) is 2.01. The van der Waals surface area contributed by atoms with Crippen LogP contribution in [0.15, 0.2) is 36.7 Å². The van der Waals surface area contributed by atoms with Crippen molar-refractivity contribution >= 4 is 17.2 Å². The molecule has 0 unspecified atom stereocenters. The van der Waals surface area contributed by atoms with Crippen molar-refractivity contribution in [1.29, 1.82) is 0 Å². The van der Waals surface area contributed by atoms with E-state index >= 15 is 0 Å². The van der Waals surface area contributed by atoms with E-state index in [0.29, 0.717) is 4.99 Å². The molecule has 3 nitrogen and oxygen atoms in total. The summed E-state index contributed by atoms with van der Waals surface area (Å²) in [4.78, 5) is 0.393. The molecule has 0 fully saturated rings. The van der Waals surface area contributed by atoms with Gasteiger partial charge >= 0.3 is 0 Å². The second-order valence-electron chi connectivity index (χ2n) is 3.29. The molecule has 1 aromatic heterocycles. The van der Waals surface area contributed by atoms with Gasteiger partial charge in [0.25, 0.3) is 0 Å². The van der Waals surface area contributed by atoms with E-state index < -0.39 is 0 Å². The number of thiocarbonyl (C=S) groups is 1. The Balaban J connectivity index is 2.68. The lowest BCUT2D eigenvalue weighted by molar-refractivity contribution is 0.871. The van der Waals surface area contributed by atoms with Gasteiger partial charge in [-0.25, -0.2) is 4.68 Å². The second kappa shape index (κ2) is 3.82. The maximum atomic E-state index is 5.68. The van der Waals surface area contributed by atoms with Gasteiger partial charge in [-0.2, -0.15) is 5.10 Å². The summed E-state index contributed by atoms with van der Waals surface area (Å²) in [5, 5.41) is 4.19. The maximum Gasteiger partial charge on any atom is 0.106 e. The maximum absolute atomic E-state index is 5.68. The van der Waals surface area contributed by atoms with Crippen LogP contribution < -0.4 is 5.73 Å². The van der Waals surface area contributed by atoms with Crippen LogP contribution in [0.2, 0.25) is 0 Å². The first-order valence-corrected chi connectivity index (χ1v) is 5.00. The van der Waals surface area contributed by atoms with Crippen LogP contribution in [-0.2, 0) is 0 Å². The monoisotopic (exact) mass is 217 g/mol. The highest BCUT2D eigenvalue weighted by atomic mass is 32.1. The van der Waals surface area contributed by atoms with Crippen molar-refractivity contribution in [3.05, 3.63) is 47.8 Å². The van der Waals surface area contributed by atoms with Crippen LogP contribution in [0.4, 0.5) is 0 Å². The molecule has 0 aliphatic heterocycles. The predicted octanol–water partition coefficient (Wildman–Crippen LogP) is 1.81. The molecule has 0 radical (unpaired) electrons. The first kappa shape index (κ1) is 9.86. The Kier molecular flexibility index (Phi) is 2.51. The van der Waals surface area contributed by atoms with Gasteiger partial charge in [-0.15, -0.1) is 0 Å². The van der Waals surface area contributed by atoms with Crippen LogP contribution in [0.1, 0.15) is 11.1 Å². The fraction of sp³-hybridized carbons (Fsp3) is 0.0909. The zero-order chi connectivity index (χ0) is 10.8. The molecular weight excluding hydrogens is 206 g/mol. The summed E-state index contributed by atoms with van der Waals surface area (Å²) >= 11 is 5.02. The predicted molar refractivity (Wildman–Crippen MR) is 64.2 cm³/mol. The molecule has 2 rings (SSSR count). The van der Waals surface area contributed by atoms with Crippen molar-refractivity contribution < 1.29 is 0 Å². The zero-order valence-corrected chi connectivity index (χ0v) is 9.16. The molecule has 76 valence electrons. The van der Waals surface area contributed by atoms with E-state index in [1.807, 2.05) is 37.4 Å². The second-order valence-corrected chi connectivity index (χ2v) is 3.73. The van der Waals surface area contributed by atoms with Crippen LogP contribution in [0, 0.1) is 6.92 Å². The summed E-state index contributed by atoms with van der Waals surface area (Å²) in [5.74, 6) is 0. The van der Waals surface area contributed by atoms with E-state index in [9.17, 15) is 0 Å². The Morgan fingerprint density at radius 3 is 2.80 bits per heavy atom. The molecule has 0 saturated carbocycles. The van der Waals surface area contributed by atoms with Crippen LogP contribution in [0.25, 0.3) is 5.69 Å². The third-order valence-electron chi connectivity index (χ3n) is 2.24. The van der Waals surface area contributed by atoms with Crippen molar-refractivity contribution in [1.82, 2.24) is 9.78 Å². The van der Waals surface area contributed by atoms with Crippen molar-refractivity contribution in [2.75, 3.05) is 0 Å². The van der Waals surface area contributed by atoms with E-state index in [2.05, 4.69) is 5.10 Å². The number of aromatic nitrogens is 2. The van der Waals surface area contributed by atoms with Gasteiger partial charge in [0.2, 0.25) is 0 Å². The largest absolute Gasteiger partial charge is 0.389 e.